The van der Waals surface area contributed by atoms with Crippen LogP contribution in [0, 0.1) is 0 Å². The van der Waals surface area contributed by atoms with E-state index in [0.717, 1.165) is 17.7 Å². The maximum absolute atomic E-state index is 11.8. The maximum atomic E-state index is 11.8. The minimum atomic E-state index is 0.0775. The second-order valence-corrected chi connectivity index (χ2v) is 4.42. The highest BCUT2D eigenvalue weighted by atomic mass is 16.5. The number of carbonyl (C=O) groups excluding carboxylic acids is 1. The van der Waals surface area contributed by atoms with Crippen LogP contribution >= 0.6 is 0 Å². The van der Waals surface area contributed by atoms with Crippen LogP contribution in [0.2, 0.25) is 0 Å². The average molecular weight is 249 g/mol. The van der Waals surface area contributed by atoms with E-state index in [0.29, 0.717) is 26.2 Å². The fourth-order valence-corrected chi connectivity index (χ4v) is 2.22. The molecule has 1 aliphatic heterocycles. The van der Waals surface area contributed by atoms with Crippen LogP contribution in [0.15, 0.2) is 24.3 Å². The summed E-state index contributed by atoms with van der Waals surface area (Å²) in [5, 5.41) is 2.86. The number of nitrogens with one attached hydrogen (secondary N) is 1. The van der Waals surface area contributed by atoms with Crippen molar-refractivity contribution in [1.29, 1.82) is 0 Å². The standard InChI is InChI=1S/C14H19NO3/c1-17-9-7-15-14(16)10-11-6-8-18-13-5-3-2-4-12(11)13/h2-5,11H,6-10H2,1H3,(H,15,16). The Kier molecular flexibility index (Phi) is 4.59. The lowest BCUT2D eigenvalue weighted by atomic mass is 9.90. The molecule has 1 atom stereocenters. The third kappa shape index (κ3) is 3.23. The molecule has 0 bridgehead atoms. The Morgan fingerprint density at radius 1 is 1.50 bits per heavy atom. The highest BCUT2D eigenvalue weighted by Crippen LogP contribution is 2.35. The maximum Gasteiger partial charge on any atom is 0.220 e. The van der Waals surface area contributed by atoms with Gasteiger partial charge in [-0.2, -0.15) is 0 Å². The van der Waals surface area contributed by atoms with Crippen molar-refractivity contribution >= 4 is 5.91 Å². The second-order valence-electron chi connectivity index (χ2n) is 4.42. The van der Waals surface area contributed by atoms with E-state index in [4.69, 9.17) is 9.47 Å². The molecule has 1 aliphatic rings. The van der Waals surface area contributed by atoms with E-state index in [2.05, 4.69) is 5.32 Å². The van der Waals surface area contributed by atoms with Crippen LogP contribution in [-0.4, -0.2) is 32.8 Å². The molecule has 1 aromatic rings. The van der Waals surface area contributed by atoms with E-state index in [9.17, 15) is 4.79 Å². The van der Waals surface area contributed by atoms with E-state index < -0.39 is 0 Å². The monoisotopic (exact) mass is 249 g/mol. The summed E-state index contributed by atoms with van der Waals surface area (Å²) in [6, 6.07) is 7.95. The summed E-state index contributed by atoms with van der Waals surface area (Å²) in [6.07, 6.45) is 1.42. The van der Waals surface area contributed by atoms with E-state index in [1.165, 1.54) is 0 Å². The predicted molar refractivity (Wildman–Crippen MR) is 68.8 cm³/mol. The summed E-state index contributed by atoms with van der Waals surface area (Å²) in [7, 11) is 1.63. The molecule has 1 N–H and O–H groups in total. The molecule has 4 heteroatoms. The number of para-hydroxylation sites is 1. The number of hydrogen-bond acceptors (Lipinski definition) is 3. The Bertz CT molecular complexity index is 406. The number of amides is 1. The van der Waals surface area contributed by atoms with Crippen molar-refractivity contribution in [3.8, 4) is 5.75 Å². The Morgan fingerprint density at radius 3 is 3.17 bits per heavy atom. The van der Waals surface area contributed by atoms with Crippen molar-refractivity contribution in [2.75, 3.05) is 26.9 Å². The quantitative estimate of drug-likeness (QED) is 0.808. The van der Waals surface area contributed by atoms with Crippen molar-refractivity contribution in [3.05, 3.63) is 29.8 Å². The van der Waals surface area contributed by atoms with Crippen LogP contribution in [0.3, 0.4) is 0 Å². The van der Waals surface area contributed by atoms with Gasteiger partial charge >= 0.3 is 0 Å². The van der Waals surface area contributed by atoms with Gasteiger partial charge < -0.3 is 14.8 Å². The number of rotatable bonds is 5. The molecule has 0 radical (unpaired) electrons. The minimum Gasteiger partial charge on any atom is -0.493 e. The number of methoxy groups -OCH3 is 1. The number of ether oxygens (including phenoxy) is 2. The normalized spacial score (nSPS) is 17.7. The average Bonchev–Trinajstić information content (AvgIpc) is 2.39. The molecular weight excluding hydrogens is 230 g/mol. The van der Waals surface area contributed by atoms with Gasteiger partial charge in [-0.05, 0) is 24.0 Å². The number of fused-ring (bicyclic) bond motifs is 1. The van der Waals surface area contributed by atoms with Gasteiger partial charge in [0.25, 0.3) is 0 Å². The molecule has 0 saturated carbocycles. The fraction of sp³-hybridized carbons (Fsp3) is 0.500. The Balaban J connectivity index is 1.92. The smallest absolute Gasteiger partial charge is 0.220 e. The Morgan fingerprint density at radius 2 is 2.33 bits per heavy atom. The molecule has 18 heavy (non-hydrogen) atoms. The molecule has 1 aromatic carbocycles. The van der Waals surface area contributed by atoms with Gasteiger partial charge in [-0.15, -0.1) is 0 Å². The SMILES string of the molecule is COCCNC(=O)CC1CCOc2ccccc21. The largest absolute Gasteiger partial charge is 0.493 e. The topological polar surface area (TPSA) is 47.6 Å². The summed E-state index contributed by atoms with van der Waals surface area (Å²) in [5.74, 6) is 1.25. The fourth-order valence-electron chi connectivity index (χ4n) is 2.22. The zero-order valence-corrected chi connectivity index (χ0v) is 10.6. The molecule has 0 fully saturated rings. The van der Waals surface area contributed by atoms with Gasteiger partial charge in [0.2, 0.25) is 5.91 Å². The molecular formula is C14H19NO3. The lowest BCUT2D eigenvalue weighted by Crippen LogP contribution is -2.29. The van der Waals surface area contributed by atoms with Gasteiger partial charge in [-0.3, -0.25) is 4.79 Å². The van der Waals surface area contributed by atoms with Gasteiger partial charge in [-0.1, -0.05) is 18.2 Å². The Labute approximate surface area is 107 Å². The van der Waals surface area contributed by atoms with Gasteiger partial charge in [0.1, 0.15) is 5.75 Å². The number of benzene rings is 1. The molecule has 0 aromatic heterocycles. The van der Waals surface area contributed by atoms with Crippen LogP contribution in [-0.2, 0) is 9.53 Å². The first-order chi connectivity index (χ1) is 8.81. The molecule has 1 heterocycles. The van der Waals surface area contributed by atoms with Gasteiger partial charge in [-0.25, -0.2) is 0 Å². The molecule has 1 unspecified atom stereocenters. The highest BCUT2D eigenvalue weighted by molar-refractivity contribution is 5.77. The van der Waals surface area contributed by atoms with Crippen molar-refractivity contribution in [2.45, 2.75) is 18.8 Å². The third-order valence-electron chi connectivity index (χ3n) is 3.14. The second kappa shape index (κ2) is 6.40. The van der Waals surface area contributed by atoms with Gasteiger partial charge in [0.15, 0.2) is 0 Å². The molecule has 0 saturated heterocycles. The number of carbonyl (C=O) groups is 1. The van der Waals surface area contributed by atoms with Gasteiger partial charge in [0, 0.05) is 20.1 Å². The lowest BCUT2D eigenvalue weighted by Gasteiger charge is -2.25. The van der Waals surface area contributed by atoms with Crippen molar-refractivity contribution in [2.24, 2.45) is 0 Å². The van der Waals surface area contributed by atoms with Crippen LogP contribution in [0.25, 0.3) is 0 Å². The Hall–Kier alpha value is -1.55. The predicted octanol–water partition coefficient (Wildman–Crippen LogP) is 1.71. The summed E-state index contributed by atoms with van der Waals surface area (Å²) in [4.78, 5) is 11.8. The van der Waals surface area contributed by atoms with Crippen LogP contribution in [0.1, 0.15) is 24.3 Å². The lowest BCUT2D eigenvalue weighted by molar-refractivity contribution is -0.121. The van der Waals surface area contributed by atoms with Crippen molar-refractivity contribution in [1.82, 2.24) is 5.32 Å². The third-order valence-corrected chi connectivity index (χ3v) is 3.14. The van der Waals surface area contributed by atoms with Crippen molar-refractivity contribution in [3.63, 3.8) is 0 Å². The molecule has 0 spiro atoms. The summed E-state index contributed by atoms with van der Waals surface area (Å²) >= 11 is 0. The van der Waals surface area contributed by atoms with E-state index >= 15 is 0 Å². The molecule has 0 aliphatic carbocycles. The minimum absolute atomic E-state index is 0.0775. The molecule has 1 amide bonds. The van der Waals surface area contributed by atoms with Crippen LogP contribution in [0.4, 0.5) is 0 Å². The first kappa shape index (κ1) is 12.9. The van der Waals surface area contributed by atoms with E-state index in [1.807, 2.05) is 24.3 Å². The van der Waals surface area contributed by atoms with Crippen LogP contribution < -0.4 is 10.1 Å². The molecule has 98 valence electrons. The molecule has 2 rings (SSSR count). The first-order valence-corrected chi connectivity index (χ1v) is 6.28. The van der Waals surface area contributed by atoms with Crippen LogP contribution in [0.5, 0.6) is 5.75 Å². The highest BCUT2D eigenvalue weighted by Gasteiger charge is 2.23. The first-order valence-electron chi connectivity index (χ1n) is 6.28. The zero-order chi connectivity index (χ0) is 12.8. The van der Waals surface area contributed by atoms with E-state index in [-0.39, 0.29) is 11.8 Å². The van der Waals surface area contributed by atoms with Gasteiger partial charge in [0.05, 0.1) is 13.2 Å². The summed E-state index contributed by atoms with van der Waals surface area (Å²) in [6.45, 7) is 1.81. The summed E-state index contributed by atoms with van der Waals surface area (Å²) in [5.41, 5.74) is 1.14. The number of hydrogen-bond donors (Lipinski definition) is 1. The summed E-state index contributed by atoms with van der Waals surface area (Å²) < 4.78 is 10.5. The zero-order valence-electron chi connectivity index (χ0n) is 10.6. The molecule has 4 nitrogen and oxygen atoms in total. The van der Waals surface area contributed by atoms with E-state index in [1.54, 1.807) is 7.11 Å². The van der Waals surface area contributed by atoms with Crippen molar-refractivity contribution < 1.29 is 14.3 Å².